The molecule has 0 aliphatic heterocycles. The summed E-state index contributed by atoms with van der Waals surface area (Å²) in [4.78, 5) is 4.42. The molecule has 100 valence electrons. The number of fused-ring (bicyclic) bond motifs is 1. The maximum absolute atomic E-state index is 4.42. The lowest BCUT2D eigenvalue weighted by atomic mass is 9.92. The Morgan fingerprint density at radius 3 is 2.79 bits per heavy atom. The highest BCUT2D eigenvalue weighted by atomic mass is 14.9. The van der Waals surface area contributed by atoms with E-state index in [1.54, 1.807) is 0 Å². The lowest BCUT2D eigenvalue weighted by Crippen LogP contribution is -2.19. The van der Waals surface area contributed by atoms with Crippen molar-refractivity contribution in [2.75, 3.05) is 7.05 Å². The van der Waals surface area contributed by atoms with Crippen molar-refractivity contribution in [3.05, 3.63) is 42.2 Å². The van der Waals surface area contributed by atoms with E-state index >= 15 is 0 Å². The lowest BCUT2D eigenvalue weighted by molar-refractivity contribution is 0.414. The zero-order valence-corrected chi connectivity index (χ0v) is 11.6. The average Bonchev–Trinajstić information content (AvgIpc) is 2.97. The van der Waals surface area contributed by atoms with E-state index in [4.69, 9.17) is 0 Å². The van der Waals surface area contributed by atoms with Gasteiger partial charge in [0.25, 0.3) is 0 Å². The van der Waals surface area contributed by atoms with Crippen LogP contribution in [0.25, 0.3) is 10.8 Å². The third-order valence-corrected chi connectivity index (χ3v) is 4.47. The van der Waals surface area contributed by atoms with Gasteiger partial charge in [0.05, 0.1) is 0 Å². The first-order valence-electron chi connectivity index (χ1n) is 7.38. The van der Waals surface area contributed by atoms with Gasteiger partial charge < -0.3 is 5.32 Å². The Morgan fingerprint density at radius 1 is 1.21 bits per heavy atom. The average molecular weight is 254 g/mol. The molecule has 0 spiro atoms. The van der Waals surface area contributed by atoms with Crippen LogP contribution in [0.5, 0.6) is 0 Å². The van der Waals surface area contributed by atoms with Crippen LogP contribution in [0.4, 0.5) is 0 Å². The summed E-state index contributed by atoms with van der Waals surface area (Å²) in [5.41, 5.74) is 1.35. The normalized spacial score (nSPS) is 17.9. The van der Waals surface area contributed by atoms with Crippen molar-refractivity contribution in [3.63, 3.8) is 0 Å². The van der Waals surface area contributed by atoms with Crippen molar-refractivity contribution in [2.45, 2.75) is 38.1 Å². The minimum Gasteiger partial charge on any atom is -0.313 e. The molecule has 1 fully saturated rings. The van der Waals surface area contributed by atoms with E-state index in [-0.39, 0.29) is 0 Å². The highest BCUT2D eigenvalue weighted by Gasteiger charge is 2.21. The molecule has 0 amide bonds. The summed E-state index contributed by atoms with van der Waals surface area (Å²) in [5.74, 6) is 0.886. The molecular formula is C17H22N2. The second-order valence-electron chi connectivity index (χ2n) is 5.68. The number of nitrogens with zero attached hydrogens (tertiary/aromatic N) is 1. The third kappa shape index (κ3) is 2.64. The Hall–Kier alpha value is -1.41. The number of hydrogen-bond donors (Lipinski definition) is 1. The van der Waals surface area contributed by atoms with Crippen LogP contribution in [0.3, 0.4) is 0 Å². The van der Waals surface area contributed by atoms with Crippen LogP contribution in [-0.4, -0.2) is 12.0 Å². The van der Waals surface area contributed by atoms with Gasteiger partial charge in [0.15, 0.2) is 0 Å². The fourth-order valence-corrected chi connectivity index (χ4v) is 3.40. The van der Waals surface area contributed by atoms with Crippen LogP contribution in [0, 0.1) is 5.92 Å². The van der Waals surface area contributed by atoms with Gasteiger partial charge in [-0.25, -0.2) is 0 Å². The van der Waals surface area contributed by atoms with E-state index in [0.29, 0.717) is 6.04 Å². The van der Waals surface area contributed by atoms with Crippen molar-refractivity contribution in [3.8, 4) is 0 Å². The first kappa shape index (κ1) is 12.6. The van der Waals surface area contributed by atoms with Gasteiger partial charge in [0, 0.05) is 23.8 Å². The summed E-state index contributed by atoms with van der Waals surface area (Å²) >= 11 is 0. The largest absolute Gasteiger partial charge is 0.313 e. The van der Waals surface area contributed by atoms with Crippen LogP contribution in [0.1, 0.15) is 43.7 Å². The predicted molar refractivity (Wildman–Crippen MR) is 80.1 cm³/mol. The van der Waals surface area contributed by atoms with E-state index < -0.39 is 0 Å². The van der Waals surface area contributed by atoms with Crippen LogP contribution < -0.4 is 5.32 Å². The second kappa shape index (κ2) is 5.70. The highest BCUT2D eigenvalue weighted by Crippen LogP contribution is 2.34. The molecule has 1 aliphatic rings. The van der Waals surface area contributed by atoms with E-state index in [0.717, 1.165) is 5.92 Å². The highest BCUT2D eigenvalue weighted by molar-refractivity contribution is 5.85. The number of pyridine rings is 1. The maximum atomic E-state index is 4.42. The first-order valence-corrected chi connectivity index (χ1v) is 7.38. The quantitative estimate of drug-likeness (QED) is 0.889. The third-order valence-electron chi connectivity index (χ3n) is 4.47. The Morgan fingerprint density at radius 2 is 2.00 bits per heavy atom. The van der Waals surface area contributed by atoms with Crippen LogP contribution >= 0.6 is 0 Å². The molecule has 2 aromatic rings. The summed E-state index contributed by atoms with van der Waals surface area (Å²) in [5, 5.41) is 6.08. The Balaban J connectivity index is 1.91. The van der Waals surface area contributed by atoms with Gasteiger partial charge in [0.2, 0.25) is 0 Å². The fourth-order valence-electron chi connectivity index (χ4n) is 3.40. The first-order chi connectivity index (χ1) is 9.38. The van der Waals surface area contributed by atoms with E-state index in [1.807, 2.05) is 12.4 Å². The van der Waals surface area contributed by atoms with Crippen molar-refractivity contribution in [2.24, 2.45) is 5.92 Å². The zero-order valence-electron chi connectivity index (χ0n) is 11.6. The number of benzene rings is 1. The number of nitrogens with one attached hydrogen (secondary N) is 1. The second-order valence-corrected chi connectivity index (χ2v) is 5.68. The molecule has 1 aromatic heterocycles. The van der Waals surface area contributed by atoms with E-state index in [2.05, 4.69) is 41.6 Å². The van der Waals surface area contributed by atoms with Gasteiger partial charge in [-0.2, -0.15) is 0 Å². The molecule has 2 heteroatoms. The lowest BCUT2D eigenvalue weighted by Gasteiger charge is -2.21. The molecule has 0 saturated heterocycles. The molecule has 1 N–H and O–H groups in total. The molecule has 19 heavy (non-hydrogen) atoms. The van der Waals surface area contributed by atoms with Gasteiger partial charge in [-0.05, 0) is 30.3 Å². The fraction of sp³-hybridized carbons (Fsp3) is 0.471. The van der Waals surface area contributed by atoms with Crippen molar-refractivity contribution in [1.29, 1.82) is 0 Å². The predicted octanol–water partition coefficient (Wildman–Crippen LogP) is 4.08. The summed E-state index contributed by atoms with van der Waals surface area (Å²) in [7, 11) is 2.07. The van der Waals surface area contributed by atoms with Crippen molar-refractivity contribution >= 4 is 10.8 Å². The molecule has 0 radical (unpaired) electrons. The summed E-state index contributed by atoms with van der Waals surface area (Å²) in [6.07, 6.45) is 10.9. The van der Waals surface area contributed by atoms with Gasteiger partial charge in [0.1, 0.15) is 0 Å². The van der Waals surface area contributed by atoms with Gasteiger partial charge >= 0.3 is 0 Å². The molecule has 1 heterocycles. The van der Waals surface area contributed by atoms with E-state index in [1.165, 1.54) is 48.4 Å². The van der Waals surface area contributed by atoms with Crippen LogP contribution in [0.2, 0.25) is 0 Å². The SMILES string of the molecule is CNC(CC1CCCC1)c1cncc2ccccc12. The monoisotopic (exact) mass is 254 g/mol. The molecule has 1 aromatic carbocycles. The number of aromatic nitrogens is 1. The van der Waals surface area contributed by atoms with Crippen LogP contribution in [0.15, 0.2) is 36.7 Å². The molecule has 0 bridgehead atoms. The Bertz CT molecular complexity index is 538. The zero-order chi connectivity index (χ0) is 13.1. The Labute approximate surface area is 115 Å². The molecular weight excluding hydrogens is 232 g/mol. The van der Waals surface area contributed by atoms with Crippen LogP contribution in [-0.2, 0) is 0 Å². The number of hydrogen-bond acceptors (Lipinski definition) is 2. The van der Waals surface area contributed by atoms with E-state index in [9.17, 15) is 0 Å². The topological polar surface area (TPSA) is 24.9 Å². The minimum absolute atomic E-state index is 0.432. The molecule has 1 unspecified atom stereocenters. The van der Waals surface area contributed by atoms with Crippen molar-refractivity contribution < 1.29 is 0 Å². The summed E-state index contributed by atoms with van der Waals surface area (Å²) in [6.45, 7) is 0. The number of rotatable bonds is 4. The smallest absolute Gasteiger partial charge is 0.0346 e. The molecule has 2 nitrogen and oxygen atoms in total. The maximum Gasteiger partial charge on any atom is 0.0346 e. The van der Waals surface area contributed by atoms with Gasteiger partial charge in [-0.3, -0.25) is 4.98 Å². The van der Waals surface area contributed by atoms with Crippen molar-refractivity contribution in [1.82, 2.24) is 10.3 Å². The van der Waals surface area contributed by atoms with Gasteiger partial charge in [-0.1, -0.05) is 49.9 Å². The van der Waals surface area contributed by atoms with Gasteiger partial charge in [-0.15, -0.1) is 0 Å². The molecule has 1 atom stereocenters. The Kier molecular flexibility index (Phi) is 3.79. The minimum atomic E-state index is 0.432. The summed E-state index contributed by atoms with van der Waals surface area (Å²) in [6, 6.07) is 8.99. The molecule has 3 rings (SSSR count). The standard InChI is InChI=1S/C17H22N2/c1-18-17(10-13-6-2-3-7-13)16-12-19-11-14-8-4-5-9-15(14)16/h4-5,8-9,11-13,17-18H,2-3,6-7,10H2,1H3. The molecule has 1 saturated carbocycles. The summed E-state index contributed by atoms with van der Waals surface area (Å²) < 4.78 is 0. The molecule has 1 aliphatic carbocycles.